The first kappa shape index (κ1) is 11.4. The molecule has 0 bridgehead atoms. The molecule has 0 aromatic carbocycles. The van der Waals surface area contributed by atoms with Gasteiger partial charge in [-0.2, -0.15) is 11.8 Å². The average Bonchev–Trinajstić information content (AvgIpc) is 2.90. The zero-order valence-corrected chi connectivity index (χ0v) is 11.0. The molecule has 0 aromatic heterocycles. The van der Waals surface area contributed by atoms with Crippen LogP contribution < -0.4 is 5.73 Å². The summed E-state index contributed by atoms with van der Waals surface area (Å²) in [7, 11) is 0. The van der Waals surface area contributed by atoms with Crippen LogP contribution in [0.3, 0.4) is 0 Å². The Morgan fingerprint density at radius 3 is 2.50 bits per heavy atom. The Hall–Kier alpha value is 0.270. The van der Waals surface area contributed by atoms with E-state index < -0.39 is 0 Å². The van der Waals surface area contributed by atoms with Gasteiger partial charge >= 0.3 is 0 Å². The van der Waals surface area contributed by atoms with Crippen molar-refractivity contribution in [2.45, 2.75) is 37.6 Å². The number of fused-ring (bicyclic) bond motifs is 1. The smallest absolute Gasteiger partial charge is 0.0422 e. The van der Waals surface area contributed by atoms with E-state index >= 15 is 0 Å². The van der Waals surface area contributed by atoms with Gasteiger partial charge in [0, 0.05) is 30.9 Å². The van der Waals surface area contributed by atoms with Crippen LogP contribution in [0, 0.1) is 11.8 Å². The maximum atomic E-state index is 6.11. The van der Waals surface area contributed by atoms with Crippen LogP contribution in [0.25, 0.3) is 0 Å². The topological polar surface area (TPSA) is 29.3 Å². The quantitative estimate of drug-likeness (QED) is 0.800. The number of rotatable bonds is 2. The molecule has 2 heterocycles. The minimum absolute atomic E-state index is 0.368. The zero-order chi connectivity index (χ0) is 11.0. The lowest BCUT2D eigenvalue weighted by atomic mass is 9.93. The molecule has 0 aromatic rings. The molecule has 2 saturated heterocycles. The second-order valence-corrected chi connectivity index (χ2v) is 7.05. The predicted octanol–water partition coefficient (Wildman–Crippen LogP) is 1.94. The van der Waals surface area contributed by atoms with Gasteiger partial charge < -0.3 is 5.73 Å². The van der Waals surface area contributed by atoms with Gasteiger partial charge in [-0.05, 0) is 43.3 Å². The van der Waals surface area contributed by atoms with Crippen LogP contribution in [0.2, 0.25) is 0 Å². The van der Waals surface area contributed by atoms with Gasteiger partial charge in [-0.1, -0.05) is 6.42 Å². The highest BCUT2D eigenvalue weighted by Gasteiger charge is 2.45. The number of hydrogen-bond donors (Lipinski definition) is 1. The van der Waals surface area contributed by atoms with Crippen molar-refractivity contribution in [3.8, 4) is 0 Å². The van der Waals surface area contributed by atoms with E-state index in [1.54, 1.807) is 0 Å². The number of likely N-dealkylation sites (tertiary alicyclic amines) is 1. The lowest BCUT2D eigenvalue weighted by molar-refractivity contribution is 0.122. The van der Waals surface area contributed by atoms with E-state index in [4.69, 9.17) is 5.73 Å². The first-order chi connectivity index (χ1) is 7.84. The maximum absolute atomic E-state index is 6.11. The van der Waals surface area contributed by atoms with Gasteiger partial charge in [-0.3, -0.25) is 4.90 Å². The standard InChI is InChI=1S/C13H24N2S/c14-9-13(5-2-6-16-10-13)15-7-11-3-1-4-12(11)8-15/h11-12H,1-10,14H2. The molecule has 3 atom stereocenters. The second kappa shape index (κ2) is 4.51. The Balaban J connectivity index is 1.71. The van der Waals surface area contributed by atoms with Gasteiger partial charge in [0.2, 0.25) is 0 Å². The van der Waals surface area contributed by atoms with E-state index in [-0.39, 0.29) is 0 Å². The third-order valence-corrected chi connectivity index (χ3v) is 6.40. The molecular formula is C13H24N2S. The van der Waals surface area contributed by atoms with Crippen LogP contribution in [0.4, 0.5) is 0 Å². The summed E-state index contributed by atoms with van der Waals surface area (Å²) >= 11 is 2.12. The molecule has 0 amide bonds. The Morgan fingerprint density at radius 2 is 1.94 bits per heavy atom. The molecule has 3 rings (SSSR count). The molecule has 2 aliphatic heterocycles. The Labute approximate surface area is 103 Å². The van der Waals surface area contributed by atoms with E-state index in [0.717, 1.165) is 18.4 Å². The molecule has 16 heavy (non-hydrogen) atoms. The first-order valence-electron chi connectivity index (χ1n) is 6.87. The van der Waals surface area contributed by atoms with Gasteiger partial charge in [0.05, 0.1) is 0 Å². The normalized spacial score (nSPS) is 44.8. The molecule has 92 valence electrons. The molecular weight excluding hydrogens is 216 g/mol. The summed E-state index contributed by atoms with van der Waals surface area (Å²) in [6.07, 6.45) is 7.15. The van der Waals surface area contributed by atoms with Gasteiger partial charge in [0.1, 0.15) is 0 Å². The summed E-state index contributed by atoms with van der Waals surface area (Å²) in [5.41, 5.74) is 6.48. The van der Waals surface area contributed by atoms with Crippen LogP contribution in [-0.2, 0) is 0 Å². The van der Waals surface area contributed by atoms with E-state index in [1.807, 2.05) is 0 Å². The molecule has 2 N–H and O–H groups in total. The van der Waals surface area contributed by atoms with Crippen molar-refractivity contribution in [3.63, 3.8) is 0 Å². The zero-order valence-electron chi connectivity index (χ0n) is 10.2. The molecule has 0 spiro atoms. The van der Waals surface area contributed by atoms with Gasteiger partial charge in [-0.15, -0.1) is 0 Å². The van der Waals surface area contributed by atoms with Crippen molar-refractivity contribution in [1.82, 2.24) is 4.90 Å². The van der Waals surface area contributed by atoms with Crippen molar-refractivity contribution in [3.05, 3.63) is 0 Å². The Kier molecular flexibility index (Phi) is 3.20. The first-order valence-corrected chi connectivity index (χ1v) is 8.02. The highest BCUT2D eigenvalue weighted by atomic mass is 32.2. The molecule has 3 aliphatic rings. The van der Waals surface area contributed by atoms with Gasteiger partial charge in [-0.25, -0.2) is 0 Å². The van der Waals surface area contributed by atoms with E-state index in [0.29, 0.717) is 5.54 Å². The summed E-state index contributed by atoms with van der Waals surface area (Å²) in [6, 6.07) is 0. The molecule has 1 saturated carbocycles. The molecule has 0 radical (unpaired) electrons. The van der Waals surface area contributed by atoms with Crippen molar-refractivity contribution in [2.24, 2.45) is 17.6 Å². The summed E-state index contributed by atoms with van der Waals surface area (Å²) < 4.78 is 0. The van der Waals surface area contributed by atoms with Crippen molar-refractivity contribution < 1.29 is 0 Å². The van der Waals surface area contributed by atoms with E-state index in [9.17, 15) is 0 Å². The van der Waals surface area contributed by atoms with Crippen LogP contribution in [-0.4, -0.2) is 41.6 Å². The van der Waals surface area contributed by atoms with Crippen LogP contribution >= 0.6 is 11.8 Å². The SMILES string of the molecule is NCC1(N2CC3CCCC3C2)CCCSC1. The predicted molar refractivity (Wildman–Crippen MR) is 70.7 cm³/mol. The lowest BCUT2D eigenvalue weighted by Crippen LogP contribution is -2.56. The van der Waals surface area contributed by atoms with Gasteiger partial charge in [0.25, 0.3) is 0 Å². The highest BCUT2D eigenvalue weighted by molar-refractivity contribution is 7.99. The van der Waals surface area contributed by atoms with Crippen LogP contribution in [0.1, 0.15) is 32.1 Å². The van der Waals surface area contributed by atoms with E-state index in [2.05, 4.69) is 16.7 Å². The van der Waals surface area contributed by atoms with Crippen molar-refractivity contribution in [1.29, 1.82) is 0 Å². The van der Waals surface area contributed by atoms with Crippen LogP contribution in [0.5, 0.6) is 0 Å². The highest BCUT2D eigenvalue weighted by Crippen LogP contribution is 2.43. The summed E-state index contributed by atoms with van der Waals surface area (Å²) in [5, 5.41) is 0. The van der Waals surface area contributed by atoms with Gasteiger partial charge in [0.15, 0.2) is 0 Å². The largest absolute Gasteiger partial charge is 0.329 e. The minimum atomic E-state index is 0.368. The number of nitrogens with zero attached hydrogens (tertiary/aromatic N) is 1. The van der Waals surface area contributed by atoms with Crippen molar-refractivity contribution in [2.75, 3.05) is 31.1 Å². The molecule has 1 aliphatic carbocycles. The fraction of sp³-hybridized carbons (Fsp3) is 1.00. The van der Waals surface area contributed by atoms with Crippen molar-refractivity contribution >= 4 is 11.8 Å². The molecule has 2 nitrogen and oxygen atoms in total. The average molecular weight is 240 g/mol. The fourth-order valence-corrected chi connectivity index (χ4v) is 5.32. The summed E-state index contributed by atoms with van der Waals surface area (Å²) in [5.74, 6) is 4.65. The monoisotopic (exact) mass is 240 g/mol. The Bertz CT molecular complexity index is 238. The minimum Gasteiger partial charge on any atom is -0.329 e. The van der Waals surface area contributed by atoms with Crippen LogP contribution in [0.15, 0.2) is 0 Å². The maximum Gasteiger partial charge on any atom is 0.0422 e. The second-order valence-electron chi connectivity index (χ2n) is 5.94. The lowest BCUT2D eigenvalue weighted by Gasteiger charge is -2.44. The third kappa shape index (κ3) is 1.81. The fourth-order valence-electron chi connectivity index (χ4n) is 4.00. The van der Waals surface area contributed by atoms with E-state index in [1.165, 1.54) is 56.7 Å². The Morgan fingerprint density at radius 1 is 1.19 bits per heavy atom. The summed E-state index contributed by atoms with van der Waals surface area (Å²) in [6.45, 7) is 3.57. The molecule has 3 unspecified atom stereocenters. The number of thioether (sulfide) groups is 1. The third-order valence-electron chi connectivity index (χ3n) is 5.08. The summed E-state index contributed by atoms with van der Waals surface area (Å²) in [4.78, 5) is 2.77. The molecule has 3 fully saturated rings. The number of nitrogens with two attached hydrogens (primary N) is 1. The molecule has 3 heteroatoms. The number of hydrogen-bond acceptors (Lipinski definition) is 3.